The Morgan fingerprint density at radius 1 is 1.41 bits per heavy atom. The van der Waals surface area contributed by atoms with Gasteiger partial charge in [0, 0.05) is 6.54 Å². The molecule has 1 aliphatic rings. The van der Waals surface area contributed by atoms with Crippen molar-refractivity contribution in [1.82, 2.24) is 5.32 Å². The van der Waals surface area contributed by atoms with E-state index in [0.717, 1.165) is 19.3 Å². The number of esters is 1. The Hall–Kier alpha value is -1.10. The zero-order chi connectivity index (χ0) is 13.1. The van der Waals surface area contributed by atoms with Gasteiger partial charge in [-0.05, 0) is 18.8 Å². The Morgan fingerprint density at radius 3 is 2.29 bits per heavy atom. The van der Waals surface area contributed by atoms with Gasteiger partial charge in [0.25, 0.3) is 0 Å². The average molecular weight is 242 g/mol. The molecule has 0 spiro atoms. The van der Waals surface area contributed by atoms with Gasteiger partial charge in [-0.25, -0.2) is 4.79 Å². The molecule has 1 atom stereocenters. The van der Waals surface area contributed by atoms with E-state index in [-0.39, 0.29) is 11.8 Å². The minimum Gasteiger partial charge on any atom is -0.467 e. The number of methoxy groups -OCH3 is 1. The average Bonchev–Trinajstić information content (AvgIpc) is 2.23. The lowest BCUT2D eigenvalue weighted by Gasteiger charge is -2.40. The van der Waals surface area contributed by atoms with Crippen LogP contribution < -0.4 is 11.1 Å². The largest absolute Gasteiger partial charge is 0.467 e. The van der Waals surface area contributed by atoms with Crippen molar-refractivity contribution in [2.24, 2.45) is 17.1 Å². The molecule has 0 bridgehead atoms. The third kappa shape index (κ3) is 2.77. The fraction of sp³-hybridized carbons (Fsp3) is 0.833. The topological polar surface area (TPSA) is 81.4 Å². The maximum atomic E-state index is 12.1. The number of hydrogen-bond donors (Lipinski definition) is 2. The van der Waals surface area contributed by atoms with Crippen molar-refractivity contribution in [3.63, 3.8) is 0 Å². The number of nitrogens with one attached hydrogen (secondary N) is 1. The molecule has 1 unspecified atom stereocenters. The quantitative estimate of drug-likeness (QED) is 0.685. The summed E-state index contributed by atoms with van der Waals surface area (Å²) in [5.74, 6) is -0.517. The lowest BCUT2D eigenvalue weighted by atomic mass is 9.68. The van der Waals surface area contributed by atoms with Crippen LogP contribution in [0, 0.1) is 11.3 Å². The van der Waals surface area contributed by atoms with Gasteiger partial charge in [0.1, 0.15) is 6.04 Å². The Bertz CT molecular complexity index is 293. The van der Waals surface area contributed by atoms with Crippen LogP contribution >= 0.6 is 0 Å². The van der Waals surface area contributed by atoms with E-state index in [1.54, 1.807) is 0 Å². The Kier molecular flexibility index (Phi) is 4.51. The van der Waals surface area contributed by atoms with Gasteiger partial charge in [-0.3, -0.25) is 4.79 Å². The van der Waals surface area contributed by atoms with Gasteiger partial charge in [-0.15, -0.1) is 0 Å². The molecular weight excluding hydrogens is 220 g/mol. The molecular formula is C12H22N2O3. The van der Waals surface area contributed by atoms with E-state index in [2.05, 4.69) is 10.1 Å². The van der Waals surface area contributed by atoms with Crippen LogP contribution in [0.1, 0.15) is 33.1 Å². The highest BCUT2D eigenvalue weighted by molar-refractivity contribution is 5.88. The molecule has 17 heavy (non-hydrogen) atoms. The Morgan fingerprint density at radius 2 is 2.00 bits per heavy atom. The zero-order valence-electron chi connectivity index (χ0n) is 10.8. The highest BCUT2D eigenvalue weighted by Gasteiger charge is 2.44. The van der Waals surface area contributed by atoms with Gasteiger partial charge in [0.2, 0.25) is 5.91 Å². The number of rotatable bonds is 5. The van der Waals surface area contributed by atoms with Crippen LogP contribution in [0.5, 0.6) is 0 Å². The monoisotopic (exact) mass is 242 g/mol. The predicted octanol–water partition coefficient (Wildman–Crippen LogP) is 0.429. The van der Waals surface area contributed by atoms with Gasteiger partial charge < -0.3 is 15.8 Å². The van der Waals surface area contributed by atoms with Crippen LogP contribution in [-0.2, 0) is 14.3 Å². The fourth-order valence-corrected chi connectivity index (χ4v) is 2.05. The van der Waals surface area contributed by atoms with Gasteiger partial charge in [-0.1, -0.05) is 20.3 Å². The lowest BCUT2D eigenvalue weighted by molar-refractivity contribution is -0.149. The highest BCUT2D eigenvalue weighted by atomic mass is 16.5. The SMILES string of the molecule is COC(=O)C(NC(=O)C1(CN)CCC1)C(C)C. The van der Waals surface area contributed by atoms with Gasteiger partial charge in [-0.2, -0.15) is 0 Å². The third-order valence-corrected chi connectivity index (χ3v) is 3.59. The van der Waals surface area contributed by atoms with Crippen molar-refractivity contribution >= 4 is 11.9 Å². The molecule has 0 aliphatic heterocycles. The molecule has 1 fully saturated rings. The summed E-state index contributed by atoms with van der Waals surface area (Å²) in [6.07, 6.45) is 2.64. The summed E-state index contributed by atoms with van der Waals surface area (Å²) in [6, 6.07) is -0.587. The first kappa shape index (κ1) is 14.0. The molecule has 0 saturated heterocycles. The fourth-order valence-electron chi connectivity index (χ4n) is 2.05. The summed E-state index contributed by atoms with van der Waals surface area (Å²) in [4.78, 5) is 23.7. The minimum atomic E-state index is -0.587. The second-order valence-electron chi connectivity index (χ2n) is 5.06. The van der Waals surface area contributed by atoms with Crippen LogP contribution in [-0.4, -0.2) is 31.6 Å². The molecule has 5 nitrogen and oxygen atoms in total. The van der Waals surface area contributed by atoms with E-state index in [1.165, 1.54) is 7.11 Å². The van der Waals surface area contributed by atoms with E-state index >= 15 is 0 Å². The molecule has 5 heteroatoms. The number of amides is 1. The first-order chi connectivity index (χ1) is 7.96. The number of hydrogen-bond acceptors (Lipinski definition) is 4. The summed E-state index contributed by atoms with van der Waals surface area (Å²) in [6.45, 7) is 4.08. The molecule has 0 aromatic rings. The molecule has 0 radical (unpaired) electrons. The van der Waals surface area contributed by atoms with Crippen LogP contribution in [0.25, 0.3) is 0 Å². The molecule has 0 aromatic heterocycles. The summed E-state index contributed by atoms with van der Waals surface area (Å²) in [5, 5.41) is 2.77. The summed E-state index contributed by atoms with van der Waals surface area (Å²) < 4.78 is 4.69. The van der Waals surface area contributed by atoms with E-state index in [1.807, 2.05) is 13.8 Å². The Labute approximate surface area is 102 Å². The molecule has 3 N–H and O–H groups in total. The number of ether oxygens (including phenoxy) is 1. The van der Waals surface area contributed by atoms with Crippen molar-refractivity contribution in [1.29, 1.82) is 0 Å². The number of carbonyl (C=O) groups excluding carboxylic acids is 2. The van der Waals surface area contributed by atoms with Gasteiger partial charge >= 0.3 is 5.97 Å². The van der Waals surface area contributed by atoms with E-state index in [9.17, 15) is 9.59 Å². The smallest absolute Gasteiger partial charge is 0.328 e. The second kappa shape index (κ2) is 5.49. The van der Waals surface area contributed by atoms with Crippen molar-refractivity contribution in [3.8, 4) is 0 Å². The lowest BCUT2D eigenvalue weighted by Crippen LogP contribution is -2.55. The second-order valence-corrected chi connectivity index (χ2v) is 5.06. The van der Waals surface area contributed by atoms with E-state index in [0.29, 0.717) is 6.54 Å². The van der Waals surface area contributed by atoms with E-state index < -0.39 is 17.4 Å². The van der Waals surface area contributed by atoms with Crippen molar-refractivity contribution < 1.29 is 14.3 Å². The van der Waals surface area contributed by atoms with Crippen molar-refractivity contribution in [2.45, 2.75) is 39.2 Å². The third-order valence-electron chi connectivity index (χ3n) is 3.59. The molecule has 0 aromatic carbocycles. The number of carbonyl (C=O) groups is 2. The maximum Gasteiger partial charge on any atom is 0.328 e. The maximum absolute atomic E-state index is 12.1. The summed E-state index contributed by atoms with van der Waals surface area (Å²) >= 11 is 0. The zero-order valence-corrected chi connectivity index (χ0v) is 10.8. The Balaban J connectivity index is 2.67. The standard InChI is InChI=1S/C12H22N2O3/c1-8(2)9(10(15)17-3)14-11(16)12(7-13)5-4-6-12/h8-9H,4-7,13H2,1-3H3,(H,14,16). The predicted molar refractivity (Wildman–Crippen MR) is 64.1 cm³/mol. The van der Waals surface area contributed by atoms with Crippen LogP contribution in [0.15, 0.2) is 0 Å². The molecule has 98 valence electrons. The number of nitrogens with two attached hydrogens (primary N) is 1. The molecule has 0 heterocycles. The van der Waals surface area contributed by atoms with Crippen molar-refractivity contribution in [3.05, 3.63) is 0 Å². The first-order valence-corrected chi connectivity index (χ1v) is 6.05. The summed E-state index contributed by atoms with van der Waals surface area (Å²) in [7, 11) is 1.33. The minimum absolute atomic E-state index is 0.00120. The molecule has 1 rings (SSSR count). The molecule has 1 saturated carbocycles. The van der Waals surface area contributed by atoms with E-state index in [4.69, 9.17) is 5.73 Å². The van der Waals surface area contributed by atoms with Gasteiger partial charge in [0.05, 0.1) is 12.5 Å². The first-order valence-electron chi connectivity index (χ1n) is 6.05. The molecule has 1 aliphatic carbocycles. The van der Waals surface area contributed by atoms with Crippen LogP contribution in [0.3, 0.4) is 0 Å². The van der Waals surface area contributed by atoms with Crippen LogP contribution in [0.2, 0.25) is 0 Å². The molecule has 1 amide bonds. The highest BCUT2D eigenvalue weighted by Crippen LogP contribution is 2.40. The van der Waals surface area contributed by atoms with Crippen LogP contribution in [0.4, 0.5) is 0 Å². The van der Waals surface area contributed by atoms with Gasteiger partial charge in [0.15, 0.2) is 0 Å². The van der Waals surface area contributed by atoms with Crippen molar-refractivity contribution in [2.75, 3.05) is 13.7 Å². The normalized spacial score (nSPS) is 19.4. The summed E-state index contributed by atoms with van der Waals surface area (Å²) in [5.41, 5.74) is 5.20.